The van der Waals surface area contributed by atoms with Crippen LogP contribution in [-0.2, 0) is 6.54 Å². The molecule has 1 N–H and O–H groups in total. The van der Waals surface area contributed by atoms with Crippen LogP contribution in [0.25, 0.3) is 22.6 Å². The van der Waals surface area contributed by atoms with E-state index in [1.165, 1.54) is 6.07 Å². The van der Waals surface area contributed by atoms with E-state index in [2.05, 4.69) is 10.2 Å². The number of fused-ring (bicyclic) bond motifs is 1. The Morgan fingerprint density at radius 2 is 1.85 bits per heavy atom. The zero-order chi connectivity index (χ0) is 24.0. The molecule has 0 saturated carbocycles. The predicted molar refractivity (Wildman–Crippen MR) is 128 cm³/mol. The molecule has 0 atom stereocenters. The minimum atomic E-state index is -1.09. The fourth-order valence-corrected chi connectivity index (χ4v) is 4.30. The summed E-state index contributed by atoms with van der Waals surface area (Å²) in [6, 6.07) is 16.0. The maximum atomic E-state index is 13.3. The fraction of sp³-hybridized carbons (Fsp3) is 0.160. The number of carboxylic acids is 1. The second-order valence-corrected chi connectivity index (χ2v) is 8.71. The summed E-state index contributed by atoms with van der Waals surface area (Å²) in [7, 11) is 0. The van der Waals surface area contributed by atoms with Crippen molar-refractivity contribution >= 4 is 29.3 Å². The number of hydrogen-bond acceptors (Lipinski definition) is 5. The number of halogens is 1. The Hall–Kier alpha value is -4.04. The molecule has 8 nitrogen and oxygen atoms in total. The normalized spacial score (nSPS) is 12.9. The van der Waals surface area contributed by atoms with Gasteiger partial charge in [-0.1, -0.05) is 35.9 Å². The summed E-state index contributed by atoms with van der Waals surface area (Å²) in [5, 5.41) is 17.6. The molecule has 1 aliphatic heterocycles. The number of carbonyl (C=O) groups excluding carboxylic acids is 1. The van der Waals surface area contributed by atoms with Gasteiger partial charge in [0.05, 0.1) is 17.1 Å². The van der Waals surface area contributed by atoms with Crippen LogP contribution in [0.2, 0.25) is 5.02 Å². The Labute approximate surface area is 200 Å². The molecule has 0 radical (unpaired) electrons. The van der Waals surface area contributed by atoms with Gasteiger partial charge in [-0.2, -0.15) is 0 Å². The third-order valence-corrected chi connectivity index (χ3v) is 6.13. The molecule has 1 aliphatic rings. The smallest absolute Gasteiger partial charge is 0.337 e. The monoisotopic (exact) mass is 473 g/mol. The Morgan fingerprint density at radius 1 is 1.09 bits per heavy atom. The Bertz CT molecular complexity index is 1450. The number of anilines is 1. The number of pyridine rings is 1. The molecule has 0 saturated heterocycles. The first-order valence-electron chi connectivity index (χ1n) is 10.7. The maximum Gasteiger partial charge on any atom is 0.337 e. The lowest BCUT2D eigenvalue weighted by Crippen LogP contribution is -2.24. The van der Waals surface area contributed by atoms with Crippen molar-refractivity contribution in [3.8, 4) is 22.6 Å². The molecule has 4 aromatic rings. The van der Waals surface area contributed by atoms with Gasteiger partial charge in [-0.05, 0) is 60.9 Å². The second-order valence-electron chi connectivity index (χ2n) is 8.30. The van der Waals surface area contributed by atoms with E-state index in [0.717, 1.165) is 16.7 Å². The van der Waals surface area contributed by atoms with Gasteiger partial charge in [0.1, 0.15) is 17.8 Å². The first kappa shape index (κ1) is 21.8. The molecule has 0 bridgehead atoms. The lowest BCUT2D eigenvalue weighted by molar-refractivity contribution is 0.0697. The fourth-order valence-electron chi connectivity index (χ4n) is 4.04. The highest BCUT2D eigenvalue weighted by Gasteiger charge is 2.30. The minimum absolute atomic E-state index is 0.0353. The van der Waals surface area contributed by atoms with Gasteiger partial charge >= 0.3 is 5.97 Å². The number of nitrogens with zero attached hydrogens (tertiary/aromatic N) is 5. The number of amides is 1. The summed E-state index contributed by atoms with van der Waals surface area (Å²) in [5.74, 6) is -0.0600. The van der Waals surface area contributed by atoms with Gasteiger partial charge in [-0.3, -0.25) is 9.69 Å². The van der Waals surface area contributed by atoms with Gasteiger partial charge in [0.15, 0.2) is 5.82 Å². The SMILES string of the molecule is CC(C)n1cnnc1-c1cccc(N2Cc3ccc(-c4ccc(C(=O)O)c(Cl)c4)cc3C2=O)n1. The van der Waals surface area contributed by atoms with E-state index in [9.17, 15) is 14.7 Å². The predicted octanol–water partition coefficient (Wildman–Crippen LogP) is 5.10. The summed E-state index contributed by atoms with van der Waals surface area (Å²) < 4.78 is 1.93. The average molecular weight is 474 g/mol. The van der Waals surface area contributed by atoms with Crippen LogP contribution >= 0.6 is 11.6 Å². The van der Waals surface area contributed by atoms with E-state index in [4.69, 9.17) is 16.6 Å². The molecule has 0 unspecified atom stereocenters. The van der Waals surface area contributed by atoms with Crippen molar-refractivity contribution in [1.29, 1.82) is 0 Å². The van der Waals surface area contributed by atoms with Crippen molar-refractivity contribution in [3.63, 3.8) is 0 Å². The van der Waals surface area contributed by atoms with Crippen LogP contribution in [0.4, 0.5) is 5.82 Å². The molecule has 0 fully saturated rings. The number of hydrogen-bond donors (Lipinski definition) is 1. The lowest BCUT2D eigenvalue weighted by Gasteiger charge is -2.16. The molecule has 9 heteroatoms. The van der Waals surface area contributed by atoms with Gasteiger partial charge in [-0.25, -0.2) is 9.78 Å². The van der Waals surface area contributed by atoms with Crippen molar-refractivity contribution in [1.82, 2.24) is 19.7 Å². The minimum Gasteiger partial charge on any atom is -0.478 e. The molecular weight excluding hydrogens is 454 g/mol. The lowest BCUT2D eigenvalue weighted by atomic mass is 9.99. The topological polar surface area (TPSA) is 101 Å². The standard InChI is InChI=1S/C25H20ClN5O3/c1-14(2)31-13-27-29-23(31)21-4-3-5-22(28-21)30-12-17-7-6-15(10-19(17)24(30)32)16-8-9-18(25(33)34)20(26)11-16/h3-11,13-14H,12H2,1-2H3,(H,33,34). The largest absolute Gasteiger partial charge is 0.478 e. The highest BCUT2D eigenvalue weighted by atomic mass is 35.5. The van der Waals surface area contributed by atoms with Crippen molar-refractivity contribution in [2.75, 3.05) is 4.90 Å². The zero-order valence-corrected chi connectivity index (χ0v) is 19.2. The number of carboxylic acid groups (broad SMARTS) is 1. The Balaban J connectivity index is 1.46. The van der Waals surface area contributed by atoms with Crippen LogP contribution in [0, 0.1) is 0 Å². The van der Waals surface area contributed by atoms with Gasteiger partial charge < -0.3 is 9.67 Å². The van der Waals surface area contributed by atoms with Crippen LogP contribution < -0.4 is 4.90 Å². The summed E-state index contributed by atoms with van der Waals surface area (Å²) in [4.78, 5) is 30.9. The van der Waals surface area contributed by atoms with E-state index in [1.54, 1.807) is 29.4 Å². The average Bonchev–Trinajstić information content (AvgIpc) is 3.44. The van der Waals surface area contributed by atoms with Gasteiger partial charge in [-0.15, -0.1) is 10.2 Å². The van der Waals surface area contributed by atoms with E-state index in [0.29, 0.717) is 29.4 Å². The number of benzene rings is 2. The zero-order valence-electron chi connectivity index (χ0n) is 18.4. The molecule has 34 heavy (non-hydrogen) atoms. The van der Waals surface area contributed by atoms with Crippen LogP contribution in [0.15, 0.2) is 60.9 Å². The quantitative estimate of drug-likeness (QED) is 0.432. The third kappa shape index (κ3) is 3.72. The first-order chi connectivity index (χ1) is 16.3. The maximum absolute atomic E-state index is 13.3. The number of carbonyl (C=O) groups is 2. The van der Waals surface area contributed by atoms with Crippen molar-refractivity contribution in [3.05, 3.63) is 82.6 Å². The Kier molecular flexibility index (Phi) is 5.37. The Morgan fingerprint density at radius 3 is 2.59 bits per heavy atom. The molecular formula is C25H20ClN5O3. The van der Waals surface area contributed by atoms with Gasteiger partial charge in [0.25, 0.3) is 5.91 Å². The summed E-state index contributed by atoms with van der Waals surface area (Å²) in [5.41, 5.74) is 3.65. The van der Waals surface area contributed by atoms with Gasteiger partial charge in [0, 0.05) is 11.6 Å². The number of aromatic nitrogens is 4. The summed E-state index contributed by atoms with van der Waals surface area (Å²) in [6.45, 7) is 4.48. The van der Waals surface area contributed by atoms with Crippen LogP contribution in [-0.4, -0.2) is 36.7 Å². The molecule has 0 spiro atoms. The molecule has 2 aromatic carbocycles. The second kappa shape index (κ2) is 8.39. The van der Waals surface area contributed by atoms with E-state index >= 15 is 0 Å². The first-order valence-corrected chi connectivity index (χ1v) is 11.1. The van der Waals surface area contributed by atoms with Crippen LogP contribution in [0.5, 0.6) is 0 Å². The molecule has 5 rings (SSSR count). The highest BCUT2D eigenvalue weighted by molar-refractivity contribution is 6.33. The summed E-state index contributed by atoms with van der Waals surface area (Å²) in [6.07, 6.45) is 1.67. The van der Waals surface area contributed by atoms with E-state index in [1.807, 2.05) is 48.7 Å². The molecule has 170 valence electrons. The van der Waals surface area contributed by atoms with Crippen molar-refractivity contribution in [2.45, 2.75) is 26.4 Å². The van der Waals surface area contributed by atoms with Crippen molar-refractivity contribution in [2.24, 2.45) is 0 Å². The molecule has 0 aliphatic carbocycles. The van der Waals surface area contributed by atoms with Crippen LogP contribution in [0.1, 0.15) is 46.2 Å². The molecule has 1 amide bonds. The van der Waals surface area contributed by atoms with E-state index < -0.39 is 5.97 Å². The van der Waals surface area contributed by atoms with Crippen LogP contribution in [0.3, 0.4) is 0 Å². The van der Waals surface area contributed by atoms with E-state index in [-0.39, 0.29) is 22.5 Å². The van der Waals surface area contributed by atoms with Gasteiger partial charge in [0.2, 0.25) is 0 Å². The van der Waals surface area contributed by atoms with Crippen molar-refractivity contribution < 1.29 is 14.7 Å². The number of rotatable bonds is 5. The molecule has 2 aromatic heterocycles. The highest BCUT2D eigenvalue weighted by Crippen LogP contribution is 2.33. The summed E-state index contributed by atoms with van der Waals surface area (Å²) >= 11 is 6.14. The number of aromatic carboxylic acids is 1. The third-order valence-electron chi connectivity index (χ3n) is 5.82. The molecule has 3 heterocycles.